The lowest BCUT2D eigenvalue weighted by Crippen LogP contribution is -2.35. The average Bonchev–Trinajstić information content (AvgIpc) is 3.28. The van der Waals surface area contributed by atoms with Crippen LogP contribution in [-0.2, 0) is 6.54 Å². The molecular weight excluding hydrogens is 240 g/mol. The third-order valence-electron chi connectivity index (χ3n) is 3.30. The van der Waals surface area contributed by atoms with Crippen molar-refractivity contribution in [3.05, 3.63) is 35.4 Å². The highest BCUT2D eigenvalue weighted by molar-refractivity contribution is 5.94. The van der Waals surface area contributed by atoms with Gasteiger partial charge in [-0.3, -0.25) is 4.79 Å². The number of hydrogen-bond acceptors (Lipinski definition) is 2. The van der Waals surface area contributed by atoms with Crippen LogP contribution in [0, 0.1) is 0 Å². The maximum absolute atomic E-state index is 11.5. The molecule has 0 unspecified atom stereocenters. The summed E-state index contributed by atoms with van der Waals surface area (Å²) in [5.74, 6) is 0.474. The highest BCUT2D eigenvalue weighted by Crippen LogP contribution is 2.24. The highest BCUT2D eigenvalue weighted by Gasteiger charge is 2.27. The van der Waals surface area contributed by atoms with Crippen LogP contribution in [0.3, 0.4) is 0 Å². The first kappa shape index (κ1) is 13.4. The van der Waals surface area contributed by atoms with Crippen molar-refractivity contribution in [1.29, 1.82) is 0 Å². The predicted octanol–water partition coefficient (Wildman–Crippen LogP) is 0.955. The van der Waals surface area contributed by atoms with Crippen molar-refractivity contribution in [1.82, 2.24) is 10.2 Å². The number of nitrogens with zero attached hydrogens (tertiary/aromatic N) is 2. The Morgan fingerprint density at radius 1 is 1.53 bits per heavy atom. The van der Waals surface area contributed by atoms with Gasteiger partial charge >= 0.3 is 0 Å². The van der Waals surface area contributed by atoms with Gasteiger partial charge in [-0.2, -0.15) is 0 Å². The van der Waals surface area contributed by atoms with E-state index < -0.39 is 0 Å². The van der Waals surface area contributed by atoms with Crippen LogP contribution >= 0.6 is 0 Å². The number of rotatable bonds is 4. The Hall–Kier alpha value is -2.04. The molecule has 102 valence electrons. The maximum atomic E-state index is 11.5. The van der Waals surface area contributed by atoms with Crippen molar-refractivity contribution >= 4 is 11.9 Å². The van der Waals surface area contributed by atoms with Gasteiger partial charge in [0.05, 0.1) is 6.54 Å². The van der Waals surface area contributed by atoms with E-state index in [0.717, 1.165) is 5.56 Å². The summed E-state index contributed by atoms with van der Waals surface area (Å²) in [6.45, 7) is 0.494. The number of nitrogens with two attached hydrogens (primary N) is 1. The first-order valence-corrected chi connectivity index (χ1v) is 6.45. The molecule has 0 bridgehead atoms. The van der Waals surface area contributed by atoms with Crippen LogP contribution < -0.4 is 11.1 Å². The average molecular weight is 260 g/mol. The fourth-order valence-electron chi connectivity index (χ4n) is 1.89. The number of carbonyl (C=O) groups excluding carboxylic acids is 1. The lowest BCUT2D eigenvalue weighted by Gasteiger charge is -2.16. The Bertz CT molecular complexity index is 494. The van der Waals surface area contributed by atoms with Gasteiger partial charge in [0.25, 0.3) is 5.91 Å². The van der Waals surface area contributed by atoms with E-state index in [1.165, 1.54) is 12.8 Å². The maximum Gasteiger partial charge on any atom is 0.251 e. The Kier molecular flexibility index (Phi) is 4.04. The van der Waals surface area contributed by atoms with Crippen LogP contribution in [0.5, 0.6) is 0 Å². The number of hydrogen-bond donors (Lipinski definition) is 2. The monoisotopic (exact) mass is 260 g/mol. The molecule has 5 heteroatoms. The molecule has 2 rings (SSSR count). The summed E-state index contributed by atoms with van der Waals surface area (Å²) in [4.78, 5) is 17.9. The van der Waals surface area contributed by atoms with Gasteiger partial charge in [0, 0.05) is 25.7 Å². The molecule has 0 radical (unpaired) electrons. The van der Waals surface area contributed by atoms with Crippen molar-refractivity contribution in [3.8, 4) is 0 Å². The standard InChI is InChI=1S/C14H20N4O/c1-16-13(19)11-5-3-4-10(8-11)9-17-14(15)18(2)12-6-7-12/h3-5,8,12H,6-7,9H2,1-2H3,(H2,15,17)(H,16,19). The van der Waals surface area contributed by atoms with Crippen LogP contribution in [0.2, 0.25) is 0 Å². The van der Waals surface area contributed by atoms with Gasteiger partial charge in [0.15, 0.2) is 5.96 Å². The van der Waals surface area contributed by atoms with Gasteiger partial charge in [-0.1, -0.05) is 12.1 Å². The fourth-order valence-corrected chi connectivity index (χ4v) is 1.89. The summed E-state index contributed by atoms with van der Waals surface area (Å²) < 4.78 is 0. The topological polar surface area (TPSA) is 70.7 Å². The first-order valence-electron chi connectivity index (χ1n) is 6.45. The van der Waals surface area contributed by atoms with Gasteiger partial charge in [0.2, 0.25) is 0 Å². The summed E-state index contributed by atoms with van der Waals surface area (Å²) in [6.07, 6.45) is 2.39. The third-order valence-corrected chi connectivity index (χ3v) is 3.30. The van der Waals surface area contributed by atoms with Gasteiger partial charge in [-0.05, 0) is 30.5 Å². The Morgan fingerprint density at radius 3 is 2.89 bits per heavy atom. The summed E-state index contributed by atoms with van der Waals surface area (Å²) in [5.41, 5.74) is 7.55. The Morgan fingerprint density at radius 2 is 2.26 bits per heavy atom. The molecule has 3 N–H and O–H groups in total. The van der Waals surface area contributed by atoms with E-state index in [-0.39, 0.29) is 5.91 Å². The number of benzene rings is 1. The van der Waals surface area contributed by atoms with Crippen LogP contribution in [0.1, 0.15) is 28.8 Å². The van der Waals surface area contributed by atoms with Gasteiger partial charge in [0.1, 0.15) is 0 Å². The largest absolute Gasteiger partial charge is 0.370 e. The molecule has 5 nitrogen and oxygen atoms in total. The van der Waals surface area contributed by atoms with Crippen LogP contribution in [0.15, 0.2) is 29.3 Å². The van der Waals surface area contributed by atoms with Gasteiger partial charge in [-0.25, -0.2) is 4.99 Å². The van der Waals surface area contributed by atoms with E-state index in [4.69, 9.17) is 5.73 Å². The molecule has 1 amide bonds. The van der Waals surface area contributed by atoms with E-state index >= 15 is 0 Å². The van der Waals surface area contributed by atoms with Crippen molar-refractivity contribution in [2.75, 3.05) is 14.1 Å². The molecule has 0 aliphatic heterocycles. The Balaban J connectivity index is 2.02. The van der Waals surface area contributed by atoms with Crippen LogP contribution in [0.4, 0.5) is 0 Å². The summed E-state index contributed by atoms with van der Waals surface area (Å²) >= 11 is 0. The smallest absolute Gasteiger partial charge is 0.251 e. The minimum Gasteiger partial charge on any atom is -0.370 e. The summed E-state index contributed by atoms with van der Waals surface area (Å²) in [5, 5.41) is 2.61. The molecule has 0 aromatic heterocycles. The molecule has 1 fully saturated rings. The normalized spacial score (nSPS) is 15.2. The fraction of sp³-hybridized carbons (Fsp3) is 0.429. The molecule has 19 heavy (non-hydrogen) atoms. The van der Waals surface area contributed by atoms with Crippen molar-refractivity contribution in [2.45, 2.75) is 25.4 Å². The quantitative estimate of drug-likeness (QED) is 0.625. The second-order valence-corrected chi connectivity index (χ2v) is 4.80. The predicted molar refractivity (Wildman–Crippen MR) is 75.9 cm³/mol. The molecule has 1 saturated carbocycles. The molecule has 1 aromatic rings. The molecule has 0 spiro atoms. The minimum atomic E-state index is -0.0890. The third kappa shape index (κ3) is 3.47. The number of carbonyl (C=O) groups is 1. The van der Waals surface area contributed by atoms with E-state index in [9.17, 15) is 4.79 Å². The summed E-state index contributed by atoms with van der Waals surface area (Å²) in [6, 6.07) is 7.98. The van der Waals surface area contributed by atoms with Gasteiger partial charge in [-0.15, -0.1) is 0 Å². The first-order chi connectivity index (χ1) is 9.11. The Labute approximate surface area is 113 Å². The highest BCUT2D eigenvalue weighted by atomic mass is 16.1. The van der Waals surface area contributed by atoms with Crippen molar-refractivity contribution < 1.29 is 4.79 Å². The number of nitrogens with one attached hydrogen (secondary N) is 1. The van der Waals surface area contributed by atoms with Crippen LogP contribution in [-0.4, -0.2) is 36.9 Å². The second kappa shape index (κ2) is 5.73. The second-order valence-electron chi connectivity index (χ2n) is 4.80. The lowest BCUT2D eigenvalue weighted by molar-refractivity contribution is 0.0963. The molecule has 0 heterocycles. The zero-order valence-electron chi connectivity index (χ0n) is 11.4. The van der Waals surface area contributed by atoms with Crippen molar-refractivity contribution in [3.63, 3.8) is 0 Å². The minimum absolute atomic E-state index is 0.0890. The molecule has 0 atom stereocenters. The number of amides is 1. The molecular formula is C14H20N4O. The molecule has 0 saturated heterocycles. The zero-order chi connectivity index (χ0) is 13.8. The van der Waals surface area contributed by atoms with E-state index in [2.05, 4.69) is 10.3 Å². The number of aliphatic imine (C=N–C) groups is 1. The van der Waals surface area contributed by atoms with Crippen molar-refractivity contribution in [2.24, 2.45) is 10.7 Å². The summed E-state index contributed by atoms with van der Waals surface area (Å²) in [7, 11) is 3.59. The zero-order valence-corrected chi connectivity index (χ0v) is 11.4. The van der Waals surface area contributed by atoms with E-state index in [1.54, 1.807) is 13.1 Å². The molecule has 1 aliphatic rings. The number of guanidine groups is 1. The van der Waals surface area contributed by atoms with Gasteiger partial charge < -0.3 is 16.0 Å². The SMILES string of the molecule is CNC(=O)c1cccc(CN=C(N)N(C)C2CC2)c1. The van der Waals surface area contributed by atoms with Crippen LogP contribution in [0.25, 0.3) is 0 Å². The molecule has 1 aromatic carbocycles. The molecule has 1 aliphatic carbocycles. The van der Waals surface area contributed by atoms with E-state index in [1.807, 2.05) is 30.1 Å². The lowest BCUT2D eigenvalue weighted by atomic mass is 10.1. The van der Waals surface area contributed by atoms with E-state index in [0.29, 0.717) is 24.1 Å².